The number of aryl methyl sites for hydroxylation is 1. The van der Waals surface area contributed by atoms with Gasteiger partial charge in [-0.25, -0.2) is 9.78 Å². The van der Waals surface area contributed by atoms with Crippen molar-refractivity contribution in [3.05, 3.63) is 39.7 Å². The Labute approximate surface area is 160 Å². The molecule has 150 valence electrons. The summed E-state index contributed by atoms with van der Waals surface area (Å²) in [5, 5.41) is 1.78. The average molecular weight is 403 g/mol. The van der Waals surface area contributed by atoms with E-state index in [0.29, 0.717) is 27.5 Å². The number of nitrogens with zero attached hydrogens (tertiary/aromatic N) is 1. The number of alkyl carbamates (subject to hydrolysis) is 1. The highest BCUT2D eigenvalue weighted by atomic mass is 32.1. The minimum Gasteiger partial charge on any atom is -0.444 e. The lowest BCUT2D eigenvalue weighted by Crippen LogP contribution is -2.32. The summed E-state index contributed by atoms with van der Waals surface area (Å²) in [4.78, 5) is 15.8. The Hall–Kier alpha value is -2.13. The predicted octanol–water partition coefficient (Wildman–Crippen LogP) is 4.74. The summed E-state index contributed by atoms with van der Waals surface area (Å²) in [6, 6.07) is 6.85. The van der Waals surface area contributed by atoms with E-state index in [1.54, 1.807) is 52.0 Å². The van der Waals surface area contributed by atoms with Gasteiger partial charge in [0, 0.05) is 17.0 Å². The smallest absolute Gasteiger partial charge is 0.443 e. The topological polar surface area (TPSA) is 77.2 Å². The van der Waals surface area contributed by atoms with Crippen LogP contribution in [0.2, 0.25) is 0 Å². The lowest BCUT2D eigenvalue weighted by Gasteiger charge is -2.19. The summed E-state index contributed by atoms with van der Waals surface area (Å²) < 4.78 is 43.4. The normalized spacial score (nSPS) is 11.4. The number of hydrogen-bond donors (Lipinski definition) is 2. The number of thiazole rings is 1. The van der Waals surface area contributed by atoms with Crippen LogP contribution in [0.5, 0.6) is 0 Å². The molecular formula is C18H24F3N3O2S. The van der Waals surface area contributed by atoms with Crippen LogP contribution >= 0.6 is 11.3 Å². The highest BCUT2D eigenvalue weighted by Crippen LogP contribution is 2.37. The number of hydrogen-bond acceptors (Lipinski definition) is 5. The van der Waals surface area contributed by atoms with Crippen LogP contribution in [0, 0.1) is 6.92 Å². The van der Waals surface area contributed by atoms with Crippen LogP contribution in [-0.2, 0) is 17.5 Å². The fraction of sp³-hybridized carbons (Fsp3) is 0.444. The molecule has 2 aromatic rings. The van der Waals surface area contributed by atoms with Crippen molar-refractivity contribution in [2.45, 2.75) is 46.0 Å². The third-order valence-electron chi connectivity index (χ3n) is 3.10. The monoisotopic (exact) mass is 403 g/mol. The quantitative estimate of drug-likeness (QED) is 0.776. The van der Waals surface area contributed by atoms with Crippen LogP contribution in [-0.4, -0.2) is 23.7 Å². The minimum atomic E-state index is -4.44. The zero-order chi connectivity index (χ0) is 20.8. The van der Waals surface area contributed by atoms with E-state index in [2.05, 4.69) is 16.0 Å². The lowest BCUT2D eigenvalue weighted by molar-refractivity contribution is -0.137. The Morgan fingerprint density at radius 3 is 2.19 bits per heavy atom. The summed E-state index contributed by atoms with van der Waals surface area (Å²) in [5.41, 5.74) is 5.65. The van der Waals surface area contributed by atoms with E-state index in [1.165, 1.54) is 7.05 Å². The molecule has 0 aliphatic carbocycles. The van der Waals surface area contributed by atoms with Crippen molar-refractivity contribution < 1.29 is 22.7 Å². The minimum absolute atomic E-state index is 0.263. The maximum absolute atomic E-state index is 12.8. The largest absolute Gasteiger partial charge is 0.444 e. The maximum atomic E-state index is 12.8. The number of aromatic nitrogens is 1. The van der Waals surface area contributed by atoms with E-state index in [0.717, 1.165) is 5.56 Å². The van der Waals surface area contributed by atoms with Crippen LogP contribution in [0.4, 0.5) is 18.0 Å². The Morgan fingerprint density at radius 1 is 1.19 bits per heavy atom. The second-order valence-corrected chi connectivity index (χ2v) is 7.68. The molecule has 0 unspecified atom stereocenters. The molecule has 3 N–H and O–H groups in total. The van der Waals surface area contributed by atoms with Crippen LogP contribution < -0.4 is 11.1 Å². The van der Waals surface area contributed by atoms with Gasteiger partial charge in [-0.1, -0.05) is 24.3 Å². The fourth-order valence-electron chi connectivity index (χ4n) is 2.05. The Morgan fingerprint density at radius 2 is 1.74 bits per heavy atom. The predicted molar refractivity (Wildman–Crippen MR) is 100 cm³/mol. The molecule has 1 heterocycles. The molecule has 0 saturated carbocycles. The molecule has 0 aliphatic heterocycles. The van der Waals surface area contributed by atoms with Crippen molar-refractivity contribution >= 4 is 17.4 Å². The van der Waals surface area contributed by atoms with Gasteiger partial charge in [-0.3, -0.25) is 0 Å². The molecule has 9 heteroatoms. The van der Waals surface area contributed by atoms with E-state index in [4.69, 9.17) is 4.74 Å². The van der Waals surface area contributed by atoms with E-state index >= 15 is 0 Å². The molecule has 0 saturated heterocycles. The number of halogens is 3. The highest BCUT2D eigenvalue weighted by Gasteiger charge is 2.35. The molecule has 2 rings (SSSR count). The summed E-state index contributed by atoms with van der Waals surface area (Å²) in [7, 11) is 1.50. The van der Waals surface area contributed by atoms with Gasteiger partial charge < -0.3 is 15.8 Å². The number of nitrogens with two attached hydrogens (primary N) is 1. The van der Waals surface area contributed by atoms with Crippen molar-refractivity contribution in [2.24, 2.45) is 5.73 Å². The van der Waals surface area contributed by atoms with Gasteiger partial charge >= 0.3 is 12.3 Å². The van der Waals surface area contributed by atoms with Crippen LogP contribution in [0.25, 0.3) is 11.3 Å². The third-order valence-corrected chi connectivity index (χ3v) is 4.12. The standard InChI is InChI=1S/C17H19F3N2O2S.CH5N/c1-10-13(22-14(25-10)17(18,19)20)12-7-5-11(6-8-12)9-21-15(23)24-16(2,3)4;1-2/h5-8H,9H2,1-4H3,(H,21,23);2H2,1H3. The molecule has 1 aromatic heterocycles. The lowest BCUT2D eigenvalue weighted by atomic mass is 10.1. The average Bonchev–Trinajstić information content (AvgIpc) is 2.96. The number of carbonyl (C=O) groups is 1. The Kier molecular flexibility index (Phi) is 7.79. The molecule has 27 heavy (non-hydrogen) atoms. The molecule has 1 aromatic carbocycles. The molecule has 1 amide bonds. The molecular weight excluding hydrogens is 379 g/mol. The summed E-state index contributed by atoms with van der Waals surface area (Å²) in [6.45, 7) is 7.19. The van der Waals surface area contributed by atoms with Crippen LogP contribution in [0.15, 0.2) is 24.3 Å². The molecule has 0 spiro atoms. The number of benzene rings is 1. The van der Waals surface area contributed by atoms with Crippen molar-refractivity contribution in [2.75, 3.05) is 7.05 Å². The Bertz CT molecular complexity index is 751. The van der Waals surface area contributed by atoms with Gasteiger partial charge in [0.25, 0.3) is 0 Å². The van der Waals surface area contributed by atoms with Crippen molar-refractivity contribution in [1.82, 2.24) is 10.3 Å². The number of rotatable bonds is 3. The molecule has 0 bridgehead atoms. The summed E-state index contributed by atoms with van der Waals surface area (Å²) in [5.74, 6) is 0. The zero-order valence-corrected chi connectivity index (χ0v) is 16.7. The molecule has 0 aliphatic rings. The van der Waals surface area contributed by atoms with Crippen molar-refractivity contribution in [1.29, 1.82) is 0 Å². The Balaban J connectivity index is 0.00000176. The number of alkyl halides is 3. The first-order valence-electron chi connectivity index (χ1n) is 8.14. The van der Waals surface area contributed by atoms with E-state index in [-0.39, 0.29) is 6.54 Å². The van der Waals surface area contributed by atoms with E-state index < -0.39 is 22.9 Å². The van der Waals surface area contributed by atoms with E-state index in [1.807, 2.05) is 0 Å². The number of ether oxygens (including phenoxy) is 1. The van der Waals surface area contributed by atoms with Gasteiger partial charge in [0.15, 0.2) is 5.01 Å². The number of amides is 1. The first-order valence-corrected chi connectivity index (χ1v) is 8.96. The number of nitrogens with one attached hydrogen (secondary N) is 1. The fourth-order valence-corrected chi connectivity index (χ4v) is 2.86. The molecule has 5 nitrogen and oxygen atoms in total. The third kappa shape index (κ3) is 7.18. The first kappa shape index (κ1) is 22.9. The summed E-state index contributed by atoms with van der Waals surface area (Å²) in [6.07, 6.45) is -4.97. The first-order chi connectivity index (χ1) is 12.5. The molecule has 0 atom stereocenters. The van der Waals surface area contributed by atoms with Gasteiger partial charge in [0.2, 0.25) is 0 Å². The second-order valence-electron chi connectivity index (χ2n) is 6.47. The van der Waals surface area contributed by atoms with Gasteiger partial charge in [0.05, 0.1) is 5.69 Å². The maximum Gasteiger partial charge on any atom is 0.443 e. The van der Waals surface area contributed by atoms with Gasteiger partial charge in [0.1, 0.15) is 5.60 Å². The van der Waals surface area contributed by atoms with Gasteiger partial charge in [-0.15, -0.1) is 11.3 Å². The highest BCUT2D eigenvalue weighted by molar-refractivity contribution is 7.12. The van der Waals surface area contributed by atoms with Gasteiger partial charge in [-0.2, -0.15) is 13.2 Å². The van der Waals surface area contributed by atoms with E-state index in [9.17, 15) is 18.0 Å². The second kappa shape index (κ2) is 9.18. The SMILES string of the molecule is CN.Cc1sc(C(F)(F)F)nc1-c1ccc(CNC(=O)OC(C)(C)C)cc1. The number of carbonyl (C=O) groups excluding carboxylic acids is 1. The van der Waals surface area contributed by atoms with Crippen molar-refractivity contribution in [3.8, 4) is 11.3 Å². The molecule has 0 fully saturated rings. The van der Waals surface area contributed by atoms with Gasteiger partial charge in [-0.05, 0) is 40.3 Å². The van der Waals surface area contributed by atoms with Crippen LogP contribution in [0.3, 0.4) is 0 Å². The zero-order valence-electron chi connectivity index (χ0n) is 15.9. The van der Waals surface area contributed by atoms with Crippen molar-refractivity contribution in [3.63, 3.8) is 0 Å². The molecule has 0 radical (unpaired) electrons. The summed E-state index contributed by atoms with van der Waals surface area (Å²) >= 11 is 0.630. The van der Waals surface area contributed by atoms with Crippen LogP contribution in [0.1, 0.15) is 36.2 Å².